The first-order valence-corrected chi connectivity index (χ1v) is 29.4. The normalized spacial score (nSPS) is 11.3. The Morgan fingerprint density at radius 1 is 0.429 bits per heavy atom. The van der Waals surface area contributed by atoms with E-state index < -0.39 is 0 Å². The molecule has 0 bridgehead atoms. The minimum atomic E-state index is 0.817. The van der Waals surface area contributed by atoms with Crippen LogP contribution in [0.15, 0.2) is 30.5 Å². The Balaban J connectivity index is -0.000000878. The number of allylic oxidation sites excluding steroid dienone is 2. The van der Waals surface area contributed by atoms with Gasteiger partial charge in [0.15, 0.2) is 0 Å². The second-order valence-corrected chi connectivity index (χ2v) is 21.1. The fourth-order valence-corrected chi connectivity index (χ4v) is 8.95. The molecule has 0 radical (unpaired) electrons. The van der Waals surface area contributed by atoms with Gasteiger partial charge in [0.25, 0.3) is 0 Å². The Morgan fingerprint density at radius 3 is 1.14 bits per heavy atom. The molecule has 378 valence electrons. The average molecular weight is 885 g/mol. The van der Waals surface area contributed by atoms with E-state index in [0.717, 1.165) is 24.2 Å². The fourth-order valence-electron chi connectivity index (χ4n) is 8.95. The van der Waals surface area contributed by atoms with Crippen LogP contribution in [0, 0.1) is 17.8 Å². The Kier molecular flexibility index (Phi) is 62.5. The predicted molar refractivity (Wildman–Crippen MR) is 295 cm³/mol. The van der Waals surface area contributed by atoms with Gasteiger partial charge in [0, 0.05) is 0 Å². The third-order valence-electron chi connectivity index (χ3n) is 13.7. The average Bonchev–Trinajstić information content (AvgIpc) is 3.27. The number of unbranched alkanes of at least 4 members (excludes halogenated alkanes) is 29. The van der Waals surface area contributed by atoms with E-state index in [1.165, 1.54) is 288 Å². The summed E-state index contributed by atoms with van der Waals surface area (Å²) in [5.41, 5.74) is 4.20. The molecular weight excluding hydrogens is 759 g/mol. The number of rotatable bonds is 48. The van der Waals surface area contributed by atoms with Gasteiger partial charge < -0.3 is 4.90 Å². The zero-order chi connectivity index (χ0) is 47.1. The van der Waals surface area contributed by atoms with Crippen LogP contribution >= 0.6 is 0 Å². The van der Waals surface area contributed by atoms with Crippen molar-refractivity contribution in [3.8, 4) is 0 Å². The summed E-state index contributed by atoms with van der Waals surface area (Å²) in [7, 11) is 0. The Bertz CT molecular complexity index is 817. The molecule has 0 amide bonds. The molecule has 0 unspecified atom stereocenters. The van der Waals surface area contributed by atoms with E-state index in [4.69, 9.17) is 0 Å². The SMILES string of the molecule is C=C=CCCCCCCCN(CCCCCCCC(=C)C)CCC(C)C.CCCCCCCCC(C)CCCCCCCC.CCCCCCCCC(CC)CCCCCCCC. The largest absolute Gasteiger partial charge is 0.303 e. The van der Waals surface area contributed by atoms with Crippen LogP contribution in [0.4, 0.5) is 0 Å². The summed E-state index contributed by atoms with van der Waals surface area (Å²) in [4.78, 5) is 2.73. The summed E-state index contributed by atoms with van der Waals surface area (Å²) in [6.07, 6.45) is 61.6. The molecular formula is C62H125N. The van der Waals surface area contributed by atoms with E-state index >= 15 is 0 Å². The third kappa shape index (κ3) is 63.3. The third-order valence-corrected chi connectivity index (χ3v) is 13.7. The van der Waals surface area contributed by atoms with Gasteiger partial charge in [0.1, 0.15) is 0 Å². The summed E-state index contributed by atoms with van der Waals surface area (Å²) in [5.74, 6) is 2.82. The van der Waals surface area contributed by atoms with Crippen molar-refractivity contribution >= 4 is 0 Å². The standard InChI is InChI=1S/C25H47N.C19H40.C18H38/c1-6-7-8-9-10-11-14-17-21-26(23-20-25(4)5)22-18-15-12-13-16-19-24(2)3;1-4-7-9-11-13-15-17-19(6-3)18-16-14-12-10-8-5-2;1-4-6-8-10-12-14-16-18(3)17-15-13-11-9-7-5-2/h7,25H,1-2,8-23H2,3-5H3;19H,4-18H2,1-3H3;18H,4-17H2,1-3H3. The summed E-state index contributed by atoms with van der Waals surface area (Å²) in [6, 6.07) is 0. The predicted octanol–water partition coefficient (Wildman–Crippen LogP) is 22.6. The van der Waals surface area contributed by atoms with Crippen LogP contribution in [0.1, 0.15) is 332 Å². The van der Waals surface area contributed by atoms with Crippen LogP contribution in [0.5, 0.6) is 0 Å². The molecule has 0 N–H and O–H groups in total. The van der Waals surface area contributed by atoms with Crippen molar-refractivity contribution in [3.63, 3.8) is 0 Å². The second-order valence-electron chi connectivity index (χ2n) is 21.1. The number of hydrogen-bond donors (Lipinski definition) is 0. The van der Waals surface area contributed by atoms with Crippen LogP contribution in [0.25, 0.3) is 0 Å². The lowest BCUT2D eigenvalue weighted by Gasteiger charge is -2.23. The molecule has 0 heterocycles. The van der Waals surface area contributed by atoms with E-state index in [0.29, 0.717) is 0 Å². The van der Waals surface area contributed by atoms with E-state index in [2.05, 4.69) is 92.2 Å². The Hall–Kier alpha value is -0.780. The summed E-state index contributed by atoms with van der Waals surface area (Å²) in [6.45, 7) is 32.4. The Labute approximate surface area is 403 Å². The van der Waals surface area contributed by atoms with Gasteiger partial charge in [-0.3, -0.25) is 0 Å². The van der Waals surface area contributed by atoms with Gasteiger partial charge in [-0.15, -0.1) is 12.3 Å². The number of hydrogen-bond acceptors (Lipinski definition) is 1. The molecule has 0 aliphatic heterocycles. The molecule has 0 saturated carbocycles. The molecule has 0 saturated heterocycles. The highest BCUT2D eigenvalue weighted by Gasteiger charge is 2.08. The summed E-state index contributed by atoms with van der Waals surface area (Å²) in [5, 5.41) is 0. The quantitative estimate of drug-likeness (QED) is 0.0334. The molecule has 0 aromatic heterocycles. The van der Waals surface area contributed by atoms with Crippen LogP contribution in [0.3, 0.4) is 0 Å². The molecule has 0 atom stereocenters. The van der Waals surface area contributed by atoms with Crippen LogP contribution < -0.4 is 0 Å². The van der Waals surface area contributed by atoms with E-state index in [1.54, 1.807) is 0 Å². The fraction of sp³-hybridized carbons (Fsp3) is 0.919. The molecule has 0 rings (SSSR count). The molecule has 0 aromatic carbocycles. The van der Waals surface area contributed by atoms with Crippen LogP contribution in [-0.4, -0.2) is 24.5 Å². The minimum Gasteiger partial charge on any atom is -0.303 e. The lowest BCUT2D eigenvalue weighted by Crippen LogP contribution is -2.28. The minimum absolute atomic E-state index is 0.817. The highest BCUT2D eigenvalue weighted by atomic mass is 15.1. The van der Waals surface area contributed by atoms with Gasteiger partial charge in [-0.1, -0.05) is 292 Å². The molecule has 0 aromatic rings. The lowest BCUT2D eigenvalue weighted by molar-refractivity contribution is 0.246. The van der Waals surface area contributed by atoms with Crippen molar-refractivity contribution in [1.82, 2.24) is 4.90 Å². The van der Waals surface area contributed by atoms with Gasteiger partial charge in [0.2, 0.25) is 0 Å². The number of nitrogens with zero attached hydrogens (tertiary/aromatic N) is 1. The molecule has 1 heteroatoms. The second kappa shape index (κ2) is 59.2. The van der Waals surface area contributed by atoms with Crippen molar-refractivity contribution in [2.45, 2.75) is 332 Å². The highest BCUT2D eigenvalue weighted by molar-refractivity contribution is 4.87. The van der Waals surface area contributed by atoms with Crippen LogP contribution in [-0.2, 0) is 0 Å². The van der Waals surface area contributed by atoms with Crippen molar-refractivity contribution in [3.05, 3.63) is 30.5 Å². The first kappa shape index (κ1) is 66.5. The maximum absolute atomic E-state index is 3.99. The zero-order valence-electron chi connectivity index (χ0n) is 46.0. The monoisotopic (exact) mass is 884 g/mol. The smallest absolute Gasteiger partial charge is 0.00163 e. The molecule has 0 aliphatic carbocycles. The lowest BCUT2D eigenvalue weighted by atomic mass is 9.92. The highest BCUT2D eigenvalue weighted by Crippen LogP contribution is 2.22. The van der Waals surface area contributed by atoms with Gasteiger partial charge in [0.05, 0.1) is 0 Å². The van der Waals surface area contributed by atoms with E-state index in [9.17, 15) is 0 Å². The van der Waals surface area contributed by atoms with Gasteiger partial charge in [-0.05, 0) is 95.3 Å². The summed E-state index contributed by atoms with van der Waals surface area (Å²) >= 11 is 0. The van der Waals surface area contributed by atoms with Gasteiger partial charge >= 0.3 is 0 Å². The van der Waals surface area contributed by atoms with Crippen molar-refractivity contribution < 1.29 is 0 Å². The maximum atomic E-state index is 3.99. The topological polar surface area (TPSA) is 3.24 Å². The van der Waals surface area contributed by atoms with E-state index in [1.807, 2.05) is 0 Å². The molecule has 0 spiro atoms. The van der Waals surface area contributed by atoms with Gasteiger partial charge in [-0.2, -0.15) is 0 Å². The van der Waals surface area contributed by atoms with E-state index in [-0.39, 0.29) is 0 Å². The summed E-state index contributed by atoms with van der Waals surface area (Å²) < 4.78 is 0. The van der Waals surface area contributed by atoms with Gasteiger partial charge in [-0.25, -0.2) is 0 Å². The van der Waals surface area contributed by atoms with Crippen molar-refractivity contribution in [2.75, 3.05) is 19.6 Å². The first-order chi connectivity index (χ1) is 30.7. The Morgan fingerprint density at radius 2 is 0.778 bits per heavy atom. The van der Waals surface area contributed by atoms with Crippen molar-refractivity contribution in [1.29, 1.82) is 0 Å². The molecule has 1 nitrogen and oxygen atoms in total. The zero-order valence-corrected chi connectivity index (χ0v) is 46.0. The molecule has 0 fully saturated rings. The molecule has 63 heavy (non-hydrogen) atoms. The van der Waals surface area contributed by atoms with Crippen molar-refractivity contribution in [2.24, 2.45) is 17.8 Å². The first-order valence-electron chi connectivity index (χ1n) is 29.4. The van der Waals surface area contributed by atoms with Crippen LogP contribution in [0.2, 0.25) is 0 Å². The maximum Gasteiger partial charge on any atom is -0.00163 e. The molecule has 0 aliphatic rings.